The average Bonchev–Trinajstić information content (AvgIpc) is 2.20. The standard InChI is InChI=1S/C12H14Cl2O/c1-3-4-5-9-6-7-10(8(2)15)12(14)11(9)13/h6-7H,3-5H2,1-2H3. The van der Waals surface area contributed by atoms with Gasteiger partial charge in [-0.1, -0.05) is 42.6 Å². The van der Waals surface area contributed by atoms with Crippen LogP contribution in [0.25, 0.3) is 0 Å². The Morgan fingerprint density at radius 1 is 1.27 bits per heavy atom. The summed E-state index contributed by atoms with van der Waals surface area (Å²) in [5.41, 5.74) is 1.52. The fourth-order valence-corrected chi connectivity index (χ4v) is 2.00. The molecule has 0 aromatic heterocycles. The summed E-state index contributed by atoms with van der Waals surface area (Å²) in [5, 5.41) is 0.913. The van der Waals surface area contributed by atoms with Crippen molar-refractivity contribution in [3.63, 3.8) is 0 Å². The molecular weight excluding hydrogens is 231 g/mol. The molecule has 1 rings (SSSR count). The van der Waals surface area contributed by atoms with E-state index in [0.717, 1.165) is 24.8 Å². The summed E-state index contributed by atoms with van der Waals surface area (Å²) in [4.78, 5) is 11.2. The van der Waals surface area contributed by atoms with Gasteiger partial charge in [0.2, 0.25) is 0 Å². The number of halogens is 2. The highest BCUT2D eigenvalue weighted by Gasteiger charge is 2.12. The molecule has 0 amide bonds. The maximum atomic E-state index is 11.2. The van der Waals surface area contributed by atoms with Gasteiger partial charge in [-0.2, -0.15) is 0 Å². The van der Waals surface area contributed by atoms with Crippen LogP contribution in [-0.2, 0) is 6.42 Å². The van der Waals surface area contributed by atoms with E-state index >= 15 is 0 Å². The van der Waals surface area contributed by atoms with Crippen molar-refractivity contribution in [1.29, 1.82) is 0 Å². The second kappa shape index (κ2) is 5.53. The summed E-state index contributed by atoms with van der Waals surface area (Å²) in [6.45, 7) is 3.61. The Labute approximate surface area is 100 Å². The van der Waals surface area contributed by atoms with Crippen molar-refractivity contribution in [2.24, 2.45) is 0 Å². The Bertz CT molecular complexity index is 372. The van der Waals surface area contributed by atoms with E-state index in [1.807, 2.05) is 6.07 Å². The molecule has 0 N–H and O–H groups in total. The molecule has 0 spiro atoms. The van der Waals surface area contributed by atoms with Crippen molar-refractivity contribution in [2.75, 3.05) is 0 Å². The van der Waals surface area contributed by atoms with Crippen molar-refractivity contribution in [2.45, 2.75) is 33.1 Å². The van der Waals surface area contributed by atoms with Gasteiger partial charge in [0.15, 0.2) is 5.78 Å². The lowest BCUT2D eigenvalue weighted by Gasteiger charge is -2.08. The smallest absolute Gasteiger partial charge is 0.161 e. The second-order valence-corrected chi connectivity index (χ2v) is 4.32. The molecule has 0 unspecified atom stereocenters. The number of carbonyl (C=O) groups is 1. The minimum Gasteiger partial charge on any atom is -0.294 e. The van der Waals surface area contributed by atoms with E-state index in [1.54, 1.807) is 6.07 Å². The number of ketones is 1. The zero-order valence-electron chi connectivity index (χ0n) is 8.94. The highest BCUT2D eigenvalue weighted by molar-refractivity contribution is 6.44. The van der Waals surface area contributed by atoms with Crippen LogP contribution in [0.4, 0.5) is 0 Å². The predicted molar refractivity (Wildman–Crippen MR) is 65.1 cm³/mol. The van der Waals surface area contributed by atoms with Crippen molar-refractivity contribution >= 4 is 29.0 Å². The molecule has 0 radical (unpaired) electrons. The van der Waals surface area contributed by atoms with Gasteiger partial charge in [-0.25, -0.2) is 0 Å². The second-order valence-electron chi connectivity index (χ2n) is 3.56. The first kappa shape index (κ1) is 12.5. The van der Waals surface area contributed by atoms with Crippen LogP contribution < -0.4 is 0 Å². The van der Waals surface area contributed by atoms with Crippen molar-refractivity contribution in [1.82, 2.24) is 0 Å². The number of Topliss-reactive ketones (excluding diaryl/α,β-unsaturated/α-hetero) is 1. The van der Waals surface area contributed by atoms with Gasteiger partial charge in [0.1, 0.15) is 0 Å². The van der Waals surface area contributed by atoms with Crippen LogP contribution in [0.15, 0.2) is 12.1 Å². The van der Waals surface area contributed by atoms with Gasteiger partial charge in [-0.15, -0.1) is 0 Å². The molecule has 0 heterocycles. The predicted octanol–water partition coefficient (Wildman–Crippen LogP) is 4.54. The molecule has 0 fully saturated rings. The molecule has 0 aliphatic rings. The third kappa shape index (κ3) is 2.96. The number of benzene rings is 1. The summed E-state index contributed by atoms with van der Waals surface area (Å²) in [6, 6.07) is 3.64. The molecule has 0 atom stereocenters. The lowest BCUT2D eigenvalue weighted by molar-refractivity contribution is 0.101. The molecule has 0 aliphatic carbocycles. The maximum absolute atomic E-state index is 11.2. The fraction of sp³-hybridized carbons (Fsp3) is 0.417. The Kier molecular flexibility index (Phi) is 4.62. The van der Waals surface area contributed by atoms with Gasteiger partial charge >= 0.3 is 0 Å². The molecule has 15 heavy (non-hydrogen) atoms. The van der Waals surface area contributed by atoms with E-state index in [-0.39, 0.29) is 5.78 Å². The Hall–Kier alpha value is -0.530. The Balaban J connectivity index is 3.04. The number of carbonyl (C=O) groups excluding carboxylic acids is 1. The molecule has 1 nitrogen and oxygen atoms in total. The normalized spacial score (nSPS) is 10.4. The van der Waals surface area contributed by atoms with Crippen LogP contribution >= 0.6 is 23.2 Å². The first-order valence-corrected chi connectivity index (χ1v) is 5.81. The lowest BCUT2D eigenvalue weighted by Crippen LogP contribution is -1.96. The van der Waals surface area contributed by atoms with Crippen molar-refractivity contribution < 1.29 is 4.79 Å². The van der Waals surface area contributed by atoms with Gasteiger partial charge in [-0.05, 0) is 31.4 Å². The highest BCUT2D eigenvalue weighted by atomic mass is 35.5. The van der Waals surface area contributed by atoms with Crippen LogP contribution in [0, 0.1) is 0 Å². The summed E-state index contributed by atoms with van der Waals surface area (Å²) in [6.07, 6.45) is 3.10. The highest BCUT2D eigenvalue weighted by Crippen LogP contribution is 2.30. The van der Waals surface area contributed by atoms with Gasteiger partial charge in [0, 0.05) is 5.56 Å². The third-order valence-corrected chi connectivity index (χ3v) is 3.26. The number of hydrogen-bond donors (Lipinski definition) is 0. The van der Waals surface area contributed by atoms with Crippen molar-refractivity contribution in [3.05, 3.63) is 33.3 Å². The molecule has 0 aliphatic heterocycles. The van der Waals surface area contributed by atoms with E-state index < -0.39 is 0 Å². The average molecular weight is 245 g/mol. The summed E-state index contributed by atoms with van der Waals surface area (Å²) >= 11 is 12.1. The summed E-state index contributed by atoms with van der Waals surface area (Å²) in [7, 11) is 0. The first-order chi connectivity index (χ1) is 7.07. The fourth-order valence-electron chi connectivity index (χ4n) is 1.42. The number of hydrogen-bond acceptors (Lipinski definition) is 1. The molecule has 82 valence electrons. The van der Waals surface area contributed by atoms with Crippen LogP contribution in [-0.4, -0.2) is 5.78 Å². The van der Waals surface area contributed by atoms with Crippen LogP contribution in [0.1, 0.15) is 42.6 Å². The van der Waals surface area contributed by atoms with E-state index in [9.17, 15) is 4.79 Å². The van der Waals surface area contributed by atoms with Crippen LogP contribution in [0.2, 0.25) is 10.0 Å². The topological polar surface area (TPSA) is 17.1 Å². The van der Waals surface area contributed by atoms with E-state index in [1.165, 1.54) is 6.92 Å². The van der Waals surface area contributed by atoms with Gasteiger partial charge in [-0.3, -0.25) is 4.79 Å². The van der Waals surface area contributed by atoms with Crippen LogP contribution in [0.5, 0.6) is 0 Å². The molecular formula is C12H14Cl2O. The first-order valence-electron chi connectivity index (χ1n) is 5.05. The van der Waals surface area contributed by atoms with E-state index in [0.29, 0.717) is 15.6 Å². The molecule has 3 heteroatoms. The molecule has 0 bridgehead atoms. The molecule has 1 aromatic rings. The molecule has 0 saturated heterocycles. The number of aryl methyl sites for hydroxylation is 1. The quantitative estimate of drug-likeness (QED) is 0.712. The minimum atomic E-state index is -0.0519. The van der Waals surface area contributed by atoms with E-state index in [2.05, 4.69) is 6.92 Å². The Morgan fingerprint density at radius 2 is 1.93 bits per heavy atom. The third-order valence-electron chi connectivity index (χ3n) is 2.34. The zero-order chi connectivity index (χ0) is 11.4. The van der Waals surface area contributed by atoms with Crippen LogP contribution in [0.3, 0.4) is 0 Å². The summed E-state index contributed by atoms with van der Waals surface area (Å²) in [5.74, 6) is -0.0519. The molecule has 1 aromatic carbocycles. The van der Waals surface area contributed by atoms with Gasteiger partial charge < -0.3 is 0 Å². The zero-order valence-corrected chi connectivity index (χ0v) is 10.5. The Morgan fingerprint density at radius 3 is 2.47 bits per heavy atom. The van der Waals surface area contributed by atoms with Gasteiger partial charge in [0.05, 0.1) is 10.0 Å². The lowest BCUT2D eigenvalue weighted by atomic mass is 10.0. The van der Waals surface area contributed by atoms with Gasteiger partial charge in [0.25, 0.3) is 0 Å². The van der Waals surface area contributed by atoms with E-state index in [4.69, 9.17) is 23.2 Å². The maximum Gasteiger partial charge on any atom is 0.161 e. The number of rotatable bonds is 4. The summed E-state index contributed by atoms with van der Waals surface area (Å²) < 4.78 is 0. The minimum absolute atomic E-state index is 0.0519. The monoisotopic (exact) mass is 244 g/mol. The number of unbranched alkanes of at least 4 members (excludes halogenated alkanes) is 1. The SMILES string of the molecule is CCCCc1ccc(C(C)=O)c(Cl)c1Cl. The molecule has 0 saturated carbocycles. The van der Waals surface area contributed by atoms with Crippen molar-refractivity contribution in [3.8, 4) is 0 Å². The largest absolute Gasteiger partial charge is 0.294 e.